The summed E-state index contributed by atoms with van der Waals surface area (Å²) in [5.74, 6) is 0.534. The number of aromatic hydroxyl groups is 1. The summed E-state index contributed by atoms with van der Waals surface area (Å²) >= 11 is 10.1. The van der Waals surface area contributed by atoms with E-state index < -0.39 is 0 Å². The summed E-state index contributed by atoms with van der Waals surface area (Å²) in [5, 5.41) is 11.1. The molecule has 3 rings (SSSR count). The highest BCUT2D eigenvalue weighted by atomic mass is 79.9. The lowest BCUT2D eigenvalue weighted by Crippen LogP contribution is -2.26. The van der Waals surface area contributed by atoms with E-state index in [4.69, 9.17) is 17.0 Å². The molecule has 0 radical (unpaired) electrons. The fraction of sp³-hybridized carbons (Fsp3) is 0.312. The zero-order chi connectivity index (χ0) is 18.3. The highest BCUT2D eigenvalue weighted by Crippen LogP contribution is 2.40. The number of aromatic nitrogens is 3. The molecule has 9 heteroatoms. The Morgan fingerprint density at radius 2 is 2.00 bits per heavy atom. The topological polar surface area (TPSA) is 69.3 Å². The first-order valence-electron chi connectivity index (χ1n) is 7.64. The van der Waals surface area contributed by atoms with E-state index in [1.165, 1.54) is 20.5 Å². The van der Waals surface area contributed by atoms with Gasteiger partial charge in [-0.1, -0.05) is 0 Å². The molecule has 0 fully saturated rings. The average Bonchev–Trinajstić information content (AvgIpc) is 3.00. The molecule has 0 unspecified atom stereocenters. The van der Waals surface area contributed by atoms with Crippen molar-refractivity contribution in [1.82, 2.24) is 14.1 Å². The van der Waals surface area contributed by atoms with Crippen LogP contribution < -0.4 is 10.3 Å². The van der Waals surface area contributed by atoms with Gasteiger partial charge < -0.3 is 9.84 Å². The molecule has 132 valence electrons. The third-order valence-corrected chi connectivity index (χ3v) is 6.52. The number of halogens is 1. The number of methoxy groups -OCH3 is 1. The van der Waals surface area contributed by atoms with Crippen LogP contribution in [0.3, 0.4) is 0 Å². The number of benzene rings is 1. The van der Waals surface area contributed by atoms with Crippen LogP contribution in [0.5, 0.6) is 11.6 Å². The van der Waals surface area contributed by atoms with E-state index in [1.54, 1.807) is 13.2 Å². The zero-order valence-electron chi connectivity index (χ0n) is 13.9. The molecule has 2 aromatic heterocycles. The summed E-state index contributed by atoms with van der Waals surface area (Å²) in [6.45, 7) is 4.59. The molecule has 2 heterocycles. The van der Waals surface area contributed by atoms with Crippen LogP contribution in [0.4, 0.5) is 0 Å². The molecular weight excluding hydrogens is 426 g/mol. The first-order chi connectivity index (χ1) is 11.9. The predicted molar refractivity (Wildman–Crippen MR) is 105 cm³/mol. The monoisotopic (exact) mass is 441 g/mol. The molecule has 0 aliphatic carbocycles. The lowest BCUT2D eigenvalue weighted by Gasteiger charge is -2.14. The molecule has 0 aliphatic rings. The second kappa shape index (κ2) is 6.89. The van der Waals surface area contributed by atoms with Gasteiger partial charge in [-0.25, -0.2) is 4.98 Å². The van der Waals surface area contributed by atoms with E-state index in [-0.39, 0.29) is 17.0 Å². The van der Waals surface area contributed by atoms with Gasteiger partial charge in [-0.05, 0) is 54.1 Å². The Bertz CT molecular complexity index is 1080. The van der Waals surface area contributed by atoms with Gasteiger partial charge in [-0.2, -0.15) is 0 Å². The van der Waals surface area contributed by atoms with Crippen LogP contribution in [-0.4, -0.2) is 26.3 Å². The highest BCUT2D eigenvalue weighted by Gasteiger charge is 2.21. The molecule has 0 saturated heterocycles. The van der Waals surface area contributed by atoms with E-state index in [1.807, 2.05) is 19.9 Å². The van der Waals surface area contributed by atoms with Crippen LogP contribution in [0.25, 0.3) is 20.8 Å². The molecule has 1 aromatic carbocycles. The van der Waals surface area contributed by atoms with Gasteiger partial charge in [0.25, 0.3) is 5.56 Å². The van der Waals surface area contributed by atoms with Crippen molar-refractivity contribution in [2.45, 2.75) is 26.9 Å². The highest BCUT2D eigenvalue weighted by molar-refractivity contribution is 9.10. The Morgan fingerprint density at radius 1 is 1.32 bits per heavy atom. The van der Waals surface area contributed by atoms with Crippen molar-refractivity contribution in [3.8, 4) is 22.2 Å². The van der Waals surface area contributed by atoms with Crippen LogP contribution in [0.15, 0.2) is 21.4 Å². The van der Waals surface area contributed by atoms with Gasteiger partial charge in [0.15, 0.2) is 4.77 Å². The van der Waals surface area contributed by atoms with Gasteiger partial charge in [0.05, 0.1) is 21.8 Å². The van der Waals surface area contributed by atoms with E-state index in [9.17, 15) is 9.90 Å². The Morgan fingerprint density at radius 3 is 2.60 bits per heavy atom. The van der Waals surface area contributed by atoms with Crippen molar-refractivity contribution < 1.29 is 9.84 Å². The number of hydrogen-bond donors (Lipinski definition) is 1. The maximum absolute atomic E-state index is 12.8. The maximum Gasteiger partial charge on any atom is 0.268 e. The summed E-state index contributed by atoms with van der Waals surface area (Å²) in [5.41, 5.74) is 0.557. The van der Waals surface area contributed by atoms with Crippen LogP contribution in [0.1, 0.15) is 13.8 Å². The lowest BCUT2D eigenvalue weighted by atomic mass is 10.3. The lowest BCUT2D eigenvalue weighted by molar-refractivity contribution is 0.403. The Labute approximate surface area is 161 Å². The van der Waals surface area contributed by atoms with Crippen LogP contribution in [0, 0.1) is 4.77 Å². The average molecular weight is 442 g/mol. The molecule has 0 bridgehead atoms. The smallest absolute Gasteiger partial charge is 0.268 e. The molecule has 3 aromatic rings. The summed E-state index contributed by atoms with van der Waals surface area (Å²) in [7, 11) is 1.59. The number of ether oxygens (including phenoxy) is 1. The second-order valence-electron chi connectivity index (χ2n) is 5.22. The van der Waals surface area contributed by atoms with E-state index in [2.05, 4.69) is 20.9 Å². The first-order valence-corrected chi connectivity index (χ1v) is 9.66. The minimum absolute atomic E-state index is 0.149. The van der Waals surface area contributed by atoms with Crippen molar-refractivity contribution >= 4 is 49.7 Å². The molecule has 0 saturated carbocycles. The summed E-state index contributed by atoms with van der Waals surface area (Å²) in [6.07, 6.45) is 0. The number of hydrogen-bond acceptors (Lipinski definition) is 6. The molecule has 6 nitrogen and oxygen atoms in total. The van der Waals surface area contributed by atoms with Crippen molar-refractivity contribution in [1.29, 1.82) is 0 Å². The van der Waals surface area contributed by atoms with Crippen molar-refractivity contribution in [3.63, 3.8) is 0 Å². The van der Waals surface area contributed by atoms with Gasteiger partial charge >= 0.3 is 0 Å². The molecule has 0 spiro atoms. The molecule has 25 heavy (non-hydrogen) atoms. The third kappa shape index (κ3) is 2.80. The maximum atomic E-state index is 12.8. The minimum atomic E-state index is -0.336. The summed E-state index contributed by atoms with van der Waals surface area (Å²) < 4.78 is 10.2. The number of fused-ring (bicyclic) bond motifs is 1. The Hall–Kier alpha value is -1.71. The number of rotatable bonds is 4. The fourth-order valence-electron chi connectivity index (χ4n) is 2.65. The quantitative estimate of drug-likeness (QED) is 0.615. The summed E-state index contributed by atoms with van der Waals surface area (Å²) in [6, 6.07) is 3.63. The first kappa shape index (κ1) is 18.1. The Balaban J connectivity index is 2.37. The van der Waals surface area contributed by atoms with E-state index in [0.29, 0.717) is 28.6 Å². The zero-order valence-corrected chi connectivity index (χ0v) is 17.1. The largest absolute Gasteiger partial charge is 0.496 e. The van der Waals surface area contributed by atoms with Gasteiger partial charge in [0.2, 0.25) is 5.88 Å². The van der Waals surface area contributed by atoms with Crippen molar-refractivity contribution in [2.75, 3.05) is 7.11 Å². The van der Waals surface area contributed by atoms with E-state index >= 15 is 0 Å². The van der Waals surface area contributed by atoms with Gasteiger partial charge in [0.1, 0.15) is 16.3 Å². The van der Waals surface area contributed by atoms with Gasteiger partial charge in [0, 0.05) is 13.1 Å². The SMILES string of the molecule is CCn1c(O)c(-c2nc3ccc(OC)c(Br)c3s2)c(=O)n(CC)c1=S. The Kier molecular flexibility index (Phi) is 4.99. The van der Waals surface area contributed by atoms with Crippen LogP contribution in [0.2, 0.25) is 0 Å². The second-order valence-corrected chi connectivity index (χ2v) is 7.38. The third-order valence-electron chi connectivity index (χ3n) is 3.93. The fourth-order valence-corrected chi connectivity index (χ4v) is 4.84. The standard InChI is InChI=1S/C16H16BrN3O3S2/c1-4-19-14(21)10(15(22)20(5-2)16(19)24)13-18-8-6-7-9(23-3)11(17)12(8)25-13/h6-7,21H,4-5H2,1-3H3. The molecule has 1 N–H and O–H groups in total. The minimum Gasteiger partial charge on any atom is -0.496 e. The van der Waals surface area contributed by atoms with Crippen LogP contribution in [-0.2, 0) is 13.1 Å². The molecule has 0 amide bonds. The van der Waals surface area contributed by atoms with Crippen molar-refractivity contribution in [2.24, 2.45) is 0 Å². The van der Waals surface area contributed by atoms with Crippen LogP contribution >= 0.6 is 39.5 Å². The van der Waals surface area contributed by atoms with Gasteiger partial charge in [-0.3, -0.25) is 13.9 Å². The normalized spacial score (nSPS) is 11.2. The number of nitrogens with zero attached hydrogens (tertiary/aromatic N) is 3. The molecule has 0 aliphatic heterocycles. The molecule has 0 atom stereocenters. The molecular formula is C16H16BrN3O3S2. The van der Waals surface area contributed by atoms with Crippen molar-refractivity contribution in [3.05, 3.63) is 31.7 Å². The predicted octanol–water partition coefficient (Wildman–Crippen LogP) is 4.17. The summed E-state index contributed by atoms with van der Waals surface area (Å²) in [4.78, 5) is 17.4. The van der Waals surface area contributed by atoms with E-state index in [0.717, 1.165) is 14.7 Å². The van der Waals surface area contributed by atoms with Gasteiger partial charge in [-0.15, -0.1) is 11.3 Å². The number of thiazole rings is 1.